The van der Waals surface area contributed by atoms with Gasteiger partial charge in [-0.3, -0.25) is 0 Å². The molecule has 0 radical (unpaired) electrons. The summed E-state index contributed by atoms with van der Waals surface area (Å²) in [5.74, 6) is 0.884. The van der Waals surface area contributed by atoms with Gasteiger partial charge in [-0.15, -0.1) is 0 Å². The molecule has 0 saturated carbocycles. The van der Waals surface area contributed by atoms with E-state index in [1.165, 1.54) is 19.3 Å². The van der Waals surface area contributed by atoms with Gasteiger partial charge in [-0.05, 0) is 33.4 Å². The van der Waals surface area contributed by atoms with Crippen LogP contribution in [0.3, 0.4) is 0 Å². The zero-order valence-electron chi connectivity index (χ0n) is 8.72. The normalized spacial score (nSPS) is 16.9. The molecule has 68 valence electrons. The minimum absolute atomic E-state index is 0.736. The van der Waals surface area contributed by atoms with Crippen molar-refractivity contribution >= 4 is 0 Å². The Kier molecular flexibility index (Phi) is 5.57. The molecule has 0 aliphatic heterocycles. The van der Waals surface area contributed by atoms with Crippen LogP contribution >= 0.6 is 0 Å². The van der Waals surface area contributed by atoms with Crippen molar-refractivity contribution in [3.63, 3.8) is 0 Å². The second-order valence-electron chi connectivity index (χ2n) is 3.66. The van der Waals surface area contributed by atoms with Gasteiger partial charge in [0.05, 0.1) is 0 Å². The molecule has 0 aromatic heterocycles. The Bertz CT molecular complexity index is 88.9. The van der Waals surface area contributed by atoms with Crippen LogP contribution < -0.4 is 0 Å². The predicted molar refractivity (Wildman–Crippen MR) is 51.8 cm³/mol. The van der Waals surface area contributed by atoms with Crippen molar-refractivity contribution in [1.82, 2.24) is 4.90 Å². The van der Waals surface area contributed by atoms with Crippen LogP contribution in [0.5, 0.6) is 0 Å². The SMILES string of the molecule is CCCC(CC)[C@@H](C)N(C)C. The summed E-state index contributed by atoms with van der Waals surface area (Å²) >= 11 is 0. The van der Waals surface area contributed by atoms with E-state index in [0.717, 1.165) is 12.0 Å². The largest absolute Gasteiger partial charge is 0.306 e. The second kappa shape index (κ2) is 5.59. The fourth-order valence-corrected chi connectivity index (χ4v) is 1.58. The highest BCUT2D eigenvalue weighted by atomic mass is 15.1. The molecule has 1 nitrogen and oxygen atoms in total. The van der Waals surface area contributed by atoms with E-state index in [2.05, 4.69) is 39.8 Å². The third-order valence-electron chi connectivity index (χ3n) is 2.68. The quantitative estimate of drug-likeness (QED) is 0.593. The summed E-state index contributed by atoms with van der Waals surface area (Å²) in [6.07, 6.45) is 4.00. The fourth-order valence-electron chi connectivity index (χ4n) is 1.58. The lowest BCUT2D eigenvalue weighted by molar-refractivity contribution is 0.211. The van der Waals surface area contributed by atoms with Crippen molar-refractivity contribution in [2.75, 3.05) is 14.1 Å². The summed E-state index contributed by atoms with van der Waals surface area (Å²) < 4.78 is 0. The summed E-state index contributed by atoms with van der Waals surface area (Å²) in [6, 6.07) is 0.736. The van der Waals surface area contributed by atoms with E-state index >= 15 is 0 Å². The smallest absolute Gasteiger partial charge is 0.00889 e. The maximum Gasteiger partial charge on any atom is 0.00889 e. The standard InChI is InChI=1S/C10H23N/c1-6-8-10(7-2)9(3)11(4)5/h9-10H,6-8H2,1-5H3/t9-,10?/m1/s1. The van der Waals surface area contributed by atoms with Gasteiger partial charge in [-0.1, -0.05) is 26.7 Å². The first-order valence-corrected chi connectivity index (χ1v) is 4.79. The number of hydrogen-bond acceptors (Lipinski definition) is 1. The first kappa shape index (κ1) is 11.0. The molecule has 0 fully saturated rings. The van der Waals surface area contributed by atoms with Gasteiger partial charge in [0.2, 0.25) is 0 Å². The number of nitrogens with zero attached hydrogens (tertiary/aromatic N) is 1. The van der Waals surface area contributed by atoms with Crippen molar-refractivity contribution in [3.8, 4) is 0 Å². The molecule has 0 amide bonds. The van der Waals surface area contributed by atoms with Crippen molar-refractivity contribution in [3.05, 3.63) is 0 Å². The van der Waals surface area contributed by atoms with Gasteiger partial charge in [0, 0.05) is 6.04 Å². The predicted octanol–water partition coefficient (Wildman–Crippen LogP) is 2.76. The van der Waals surface area contributed by atoms with Crippen molar-refractivity contribution in [2.24, 2.45) is 5.92 Å². The van der Waals surface area contributed by atoms with Crippen LogP contribution in [-0.4, -0.2) is 25.0 Å². The topological polar surface area (TPSA) is 3.24 Å². The van der Waals surface area contributed by atoms with Crippen LogP contribution in [0.1, 0.15) is 40.0 Å². The van der Waals surface area contributed by atoms with Crippen LogP contribution in [0.15, 0.2) is 0 Å². The third kappa shape index (κ3) is 3.76. The molecule has 11 heavy (non-hydrogen) atoms. The molecule has 0 bridgehead atoms. The summed E-state index contributed by atoms with van der Waals surface area (Å²) in [6.45, 7) is 6.88. The summed E-state index contributed by atoms with van der Waals surface area (Å²) in [5, 5.41) is 0. The summed E-state index contributed by atoms with van der Waals surface area (Å²) in [4.78, 5) is 2.32. The van der Waals surface area contributed by atoms with E-state index < -0.39 is 0 Å². The Balaban J connectivity index is 3.81. The Morgan fingerprint density at radius 2 is 1.73 bits per heavy atom. The molecule has 0 spiro atoms. The van der Waals surface area contributed by atoms with Crippen molar-refractivity contribution in [2.45, 2.75) is 46.1 Å². The summed E-state index contributed by atoms with van der Waals surface area (Å²) in [7, 11) is 4.34. The Morgan fingerprint density at radius 3 is 2.00 bits per heavy atom. The lowest BCUT2D eigenvalue weighted by Crippen LogP contribution is -2.32. The van der Waals surface area contributed by atoms with Gasteiger partial charge in [0.15, 0.2) is 0 Å². The van der Waals surface area contributed by atoms with Crippen LogP contribution in [0.4, 0.5) is 0 Å². The van der Waals surface area contributed by atoms with Crippen molar-refractivity contribution < 1.29 is 0 Å². The van der Waals surface area contributed by atoms with E-state index in [4.69, 9.17) is 0 Å². The molecule has 0 aromatic carbocycles. The second-order valence-corrected chi connectivity index (χ2v) is 3.66. The van der Waals surface area contributed by atoms with Gasteiger partial charge in [0.1, 0.15) is 0 Å². The van der Waals surface area contributed by atoms with E-state index in [1.807, 2.05) is 0 Å². The van der Waals surface area contributed by atoms with Gasteiger partial charge < -0.3 is 4.90 Å². The van der Waals surface area contributed by atoms with Crippen LogP contribution in [-0.2, 0) is 0 Å². The van der Waals surface area contributed by atoms with Gasteiger partial charge in [-0.25, -0.2) is 0 Å². The molecule has 1 heteroatoms. The molecule has 0 aliphatic rings. The Morgan fingerprint density at radius 1 is 1.18 bits per heavy atom. The van der Waals surface area contributed by atoms with Gasteiger partial charge in [0.25, 0.3) is 0 Å². The van der Waals surface area contributed by atoms with E-state index in [9.17, 15) is 0 Å². The van der Waals surface area contributed by atoms with Crippen LogP contribution in [0.2, 0.25) is 0 Å². The third-order valence-corrected chi connectivity index (χ3v) is 2.68. The molecular weight excluding hydrogens is 134 g/mol. The first-order valence-electron chi connectivity index (χ1n) is 4.79. The molecule has 0 rings (SSSR count). The highest BCUT2D eigenvalue weighted by molar-refractivity contribution is 4.69. The number of hydrogen-bond donors (Lipinski definition) is 0. The molecule has 0 aliphatic carbocycles. The maximum atomic E-state index is 2.32. The average molecular weight is 157 g/mol. The van der Waals surface area contributed by atoms with E-state index in [1.54, 1.807) is 0 Å². The molecular formula is C10H23N. The Hall–Kier alpha value is -0.0400. The lowest BCUT2D eigenvalue weighted by Gasteiger charge is -2.28. The number of rotatable bonds is 5. The van der Waals surface area contributed by atoms with Crippen LogP contribution in [0.25, 0.3) is 0 Å². The highest BCUT2D eigenvalue weighted by Crippen LogP contribution is 2.17. The zero-order valence-corrected chi connectivity index (χ0v) is 8.72. The van der Waals surface area contributed by atoms with E-state index in [0.29, 0.717) is 0 Å². The maximum absolute atomic E-state index is 2.32. The molecule has 0 aromatic rings. The molecule has 1 unspecified atom stereocenters. The molecule has 0 N–H and O–H groups in total. The van der Waals surface area contributed by atoms with Crippen molar-refractivity contribution in [1.29, 1.82) is 0 Å². The summed E-state index contributed by atoms with van der Waals surface area (Å²) in [5.41, 5.74) is 0. The lowest BCUT2D eigenvalue weighted by atomic mass is 9.93. The monoisotopic (exact) mass is 157 g/mol. The molecule has 0 heterocycles. The molecule has 2 atom stereocenters. The zero-order chi connectivity index (χ0) is 8.85. The minimum Gasteiger partial charge on any atom is -0.306 e. The minimum atomic E-state index is 0.736. The average Bonchev–Trinajstić information content (AvgIpc) is 1.98. The van der Waals surface area contributed by atoms with Gasteiger partial charge >= 0.3 is 0 Å². The Labute approximate surface area is 71.8 Å². The highest BCUT2D eigenvalue weighted by Gasteiger charge is 2.15. The van der Waals surface area contributed by atoms with Crippen LogP contribution in [0, 0.1) is 5.92 Å². The molecule has 0 saturated heterocycles. The van der Waals surface area contributed by atoms with Gasteiger partial charge in [-0.2, -0.15) is 0 Å². The van der Waals surface area contributed by atoms with E-state index in [-0.39, 0.29) is 0 Å². The first-order chi connectivity index (χ1) is 5.13. The fraction of sp³-hybridized carbons (Fsp3) is 1.00.